The smallest absolute Gasteiger partial charge is 0.247 e. The molecule has 0 aliphatic carbocycles. The van der Waals surface area contributed by atoms with Crippen LogP contribution < -0.4 is 0 Å². The summed E-state index contributed by atoms with van der Waals surface area (Å²) in [5.41, 5.74) is 2.86. The van der Waals surface area contributed by atoms with E-state index in [9.17, 15) is 4.39 Å². The van der Waals surface area contributed by atoms with Gasteiger partial charge in [0, 0.05) is 29.9 Å². The van der Waals surface area contributed by atoms with Gasteiger partial charge in [-0.1, -0.05) is 12.1 Å². The number of hydrogen-bond donors (Lipinski definition) is 0. The molecule has 1 atom stereocenters. The van der Waals surface area contributed by atoms with Crippen molar-refractivity contribution >= 4 is 0 Å². The molecule has 0 fully saturated rings. The number of nitrogens with zero attached hydrogens (tertiary/aromatic N) is 4. The lowest BCUT2D eigenvalue weighted by Gasteiger charge is -2.23. The molecule has 2 heterocycles. The van der Waals surface area contributed by atoms with Gasteiger partial charge in [-0.05, 0) is 50.7 Å². The van der Waals surface area contributed by atoms with Gasteiger partial charge in [-0.15, -0.1) is 10.2 Å². The topological polar surface area (TPSA) is 55.1 Å². The zero-order valence-electron chi connectivity index (χ0n) is 14.6. The fourth-order valence-electron chi connectivity index (χ4n) is 2.59. The summed E-state index contributed by atoms with van der Waals surface area (Å²) in [7, 11) is 2.01. The van der Waals surface area contributed by atoms with Crippen LogP contribution in [0.5, 0.6) is 0 Å². The Labute approximate surface area is 146 Å². The molecular weight excluding hydrogens is 319 g/mol. The monoisotopic (exact) mass is 340 g/mol. The number of likely N-dealkylation sites (N-methyl/N-ethyl adjacent to an activating group) is 1. The number of halogens is 1. The molecule has 3 rings (SSSR count). The second-order valence-corrected chi connectivity index (χ2v) is 6.25. The molecule has 0 N–H and O–H groups in total. The highest BCUT2D eigenvalue weighted by Crippen LogP contribution is 2.19. The SMILES string of the molecule is Cc1cccnc1C[C@@H](C)N(C)Cc1nnc(-c2cccc(F)c2)o1. The molecule has 0 aliphatic heterocycles. The Hall–Kier alpha value is -2.60. The van der Waals surface area contributed by atoms with Gasteiger partial charge in [0.25, 0.3) is 0 Å². The van der Waals surface area contributed by atoms with E-state index in [0.29, 0.717) is 23.9 Å². The van der Waals surface area contributed by atoms with E-state index in [4.69, 9.17) is 4.42 Å². The molecule has 0 aliphatic rings. The largest absolute Gasteiger partial charge is 0.419 e. The Morgan fingerprint density at radius 1 is 1.20 bits per heavy atom. The fourth-order valence-corrected chi connectivity index (χ4v) is 2.59. The highest BCUT2D eigenvalue weighted by Gasteiger charge is 2.16. The normalized spacial score (nSPS) is 12.5. The van der Waals surface area contributed by atoms with Gasteiger partial charge in [0.2, 0.25) is 11.8 Å². The number of aryl methyl sites for hydroxylation is 1. The van der Waals surface area contributed by atoms with E-state index in [-0.39, 0.29) is 11.9 Å². The van der Waals surface area contributed by atoms with Crippen LogP contribution in [0.2, 0.25) is 0 Å². The van der Waals surface area contributed by atoms with Gasteiger partial charge < -0.3 is 4.42 Å². The summed E-state index contributed by atoms with van der Waals surface area (Å²) in [5.74, 6) is 0.510. The van der Waals surface area contributed by atoms with Crippen molar-refractivity contribution in [3.05, 3.63) is 65.6 Å². The summed E-state index contributed by atoms with van der Waals surface area (Å²) in [6, 6.07) is 10.4. The summed E-state index contributed by atoms with van der Waals surface area (Å²) < 4.78 is 19.0. The minimum Gasteiger partial charge on any atom is -0.419 e. The van der Waals surface area contributed by atoms with Gasteiger partial charge >= 0.3 is 0 Å². The van der Waals surface area contributed by atoms with Crippen LogP contribution in [-0.4, -0.2) is 33.2 Å². The molecule has 130 valence electrons. The van der Waals surface area contributed by atoms with Crippen LogP contribution in [0.3, 0.4) is 0 Å². The number of aromatic nitrogens is 3. The first-order valence-corrected chi connectivity index (χ1v) is 8.22. The summed E-state index contributed by atoms with van der Waals surface area (Å²) in [5, 5.41) is 8.09. The number of hydrogen-bond acceptors (Lipinski definition) is 5. The lowest BCUT2D eigenvalue weighted by Crippen LogP contribution is -2.31. The van der Waals surface area contributed by atoms with Crippen LogP contribution in [0.15, 0.2) is 47.0 Å². The molecule has 3 aromatic rings. The molecule has 25 heavy (non-hydrogen) atoms. The van der Waals surface area contributed by atoms with Crippen molar-refractivity contribution in [1.82, 2.24) is 20.1 Å². The van der Waals surface area contributed by atoms with Gasteiger partial charge in [-0.25, -0.2) is 4.39 Å². The first-order valence-electron chi connectivity index (χ1n) is 8.22. The van der Waals surface area contributed by atoms with E-state index < -0.39 is 0 Å². The Morgan fingerprint density at radius 3 is 2.80 bits per heavy atom. The Kier molecular flexibility index (Phi) is 5.19. The van der Waals surface area contributed by atoms with Gasteiger partial charge in [0.05, 0.1) is 6.54 Å². The maximum absolute atomic E-state index is 13.3. The molecule has 6 heteroatoms. The van der Waals surface area contributed by atoms with Crippen LogP contribution in [0, 0.1) is 12.7 Å². The van der Waals surface area contributed by atoms with Gasteiger partial charge in [0.1, 0.15) is 5.82 Å². The molecule has 2 aromatic heterocycles. The summed E-state index contributed by atoms with van der Waals surface area (Å²) in [6.07, 6.45) is 2.66. The predicted molar refractivity (Wildman–Crippen MR) is 93.3 cm³/mol. The van der Waals surface area contributed by atoms with Gasteiger partial charge in [-0.2, -0.15) is 0 Å². The Balaban J connectivity index is 1.65. The molecule has 0 radical (unpaired) electrons. The third-order valence-corrected chi connectivity index (χ3v) is 4.28. The predicted octanol–water partition coefficient (Wildman–Crippen LogP) is 3.64. The molecule has 0 amide bonds. The van der Waals surface area contributed by atoms with Crippen LogP contribution in [0.25, 0.3) is 11.5 Å². The van der Waals surface area contributed by atoms with E-state index in [1.54, 1.807) is 12.1 Å². The molecule has 0 saturated carbocycles. The van der Waals surface area contributed by atoms with Crippen molar-refractivity contribution in [3.8, 4) is 11.5 Å². The maximum Gasteiger partial charge on any atom is 0.247 e. The first-order chi connectivity index (χ1) is 12.0. The summed E-state index contributed by atoms with van der Waals surface area (Å²) >= 11 is 0. The van der Waals surface area contributed by atoms with Gasteiger partial charge in [-0.3, -0.25) is 9.88 Å². The Morgan fingerprint density at radius 2 is 2.04 bits per heavy atom. The lowest BCUT2D eigenvalue weighted by molar-refractivity contribution is 0.224. The highest BCUT2D eigenvalue weighted by molar-refractivity contribution is 5.52. The van der Waals surface area contributed by atoms with Crippen molar-refractivity contribution in [3.63, 3.8) is 0 Å². The van der Waals surface area contributed by atoms with Crippen molar-refractivity contribution < 1.29 is 8.81 Å². The maximum atomic E-state index is 13.3. The third kappa shape index (κ3) is 4.28. The summed E-state index contributed by atoms with van der Waals surface area (Å²) in [6.45, 7) is 4.73. The second kappa shape index (κ2) is 7.53. The zero-order valence-corrected chi connectivity index (χ0v) is 14.6. The van der Waals surface area contributed by atoms with E-state index in [1.807, 2.05) is 19.3 Å². The second-order valence-electron chi connectivity index (χ2n) is 6.25. The quantitative estimate of drug-likeness (QED) is 0.686. The van der Waals surface area contributed by atoms with Crippen LogP contribution in [-0.2, 0) is 13.0 Å². The molecule has 1 aromatic carbocycles. The van der Waals surface area contributed by atoms with E-state index in [1.165, 1.54) is 17.7 Å². The van der Waals surface area contributed by atoms with E-state index >= 15 is 0 Å². The van der Waals surface area contributed by atoms with Crippen molar-refractivity contribution in [2.24, 2.45) is 0 Å². The standard InChI is InChI=1S/C19H21FN4O/c1-13-6-5-9-21-17(13)10-14(2)24(3)12-18-22-23-19(25-18)15-7-4-8-16(20)11-15/h4-9,11,14H,10,12H2,1-3H3/t14-/m1/s1. The average molecular weight is 340 g/mol. The van der Waals surface area contributed by atoms with Crippen molar-refractivity contribution in [2.45, 2.75) is 32.9 Å². The minimum absolute atomic E-state index is 0.262. The zero-order chi connectivity index (χ0) is 17.8. The molecule has 0 saturated heterocycles. The van der Waals surface area contributed by atoms with Crippen LogP contribution in [0.4, 0.5) is 4.39 Å². The highest BCUT2D eigenvalue weighted by atomic mass is 19.1. The molecule has 0 spiro atoms. The third-order valence-electron chi connectivity index (χ3n) is 4.28. The number of benzene rings is 1. The minimum atomic E-state index is -0.325. The molecular formula is C19H21FN4O. The van der Waals surface area contributed by atoms with E-state index in [0.717, 1.165) is 12.1 Å². The van der Waals surface area contributed by atoms with Gasteiger partial charge in [0.15, 0.2) is 0 Å². The molecule has 0 unspecified atom stereocenters. The average Bonchev–Trinajstić information content (AvgIpc) is 3.05. The van der Waals surface area contributed by atoms with Crippen molar-refractivity contribution in [2.75, 3.05) is 7.05 Å². The number of pyridine rings is 1. The fraction of sp³-hybridized carbons (Fsp3) is 0.316. The molecule has 5 nitrogen and oxygen atoms in total. The van der Waals surface area contributed by atoms with Crippen LogP contribution >= 0.6 is 0 Å². The first kappa shape index (κ1) is 17.2. The van der Waals surface area contributed by atoms with Crippen molar-refractivity contribution in [1.29, 1.82) is 0 Å². The molecule has 0 bridgehead atoms. The number of rotatable bonds is 6. The van der Waals surface area contributed by atoms with E-state index in [2.05, 4.69) is 40.0 Å². The lowest BCUT2D eigenvalue weighted by atomic mass is 10.1. The Bertz CT molecular complexity index is 849. The summed E-state index contributed by atoms with van der Waals surface area (Å²) in [4.78, 5) is 6.58. The van der Waals surface area contributed by atoms with Crippen LogP contribution in [0.1, 0.15) is 24.1 Å².